The smallest absolute Gasteiger partial charge is 0.319 e. The number of thiazole rings is 1. The zero-order valence-corrected chi connectivity index (χ0v) is 13.9. The zero-order chi connectivity index (χ0) is 15.7. The number of nitrogens with zero attached hydrogens (tertiary/aromatic N) is 4. The van der Waals surface area contributed by atoms with E-state index in [9.17, 15) is 4.79 Å². The summed E-state index contributed by atoms with van der Waals surface area (Å²) in [7, 11) is 3.35. The Kier molecular flexibility index (Phi) is 4.30. The summed E-state index contributed by atoms with van der Waals surface area (Å²) in [6, 6.07) is 0.405. The molecule has 1 saturated heterocycles. The molecule has 0 amide bonds. The fraction of sp³-hybridized carbons (Fsp3) is 0.643. The number of hydrogen-bond acceptors (Lipinski definition) is 7. The number of carbonyl (C=O) groups is 1. The van der Waals surface area contributed by atoms with Crippen molar-refractivity contribution < 1.29 is 9.53 Å². The molecule has 7 nitrogen and oxygen atoms in total. The summed E-state index contributed by atoms with van der Waals surface area (Å²) < 4.78 is 7.68. The molecule has 3 heterocycles. The largest absolute Gasteiger partial charge is 0.468 e. The average Bonchev–Trinajstić information content (AvgIpc) is 3.03. The van der Waals surface area contributed by atoms with Gasteiger partial charge in [-0.25, -0.2) is 9.67 Å². The summed E-state index contributed by atoms with van der Waals surface area (Å²) in [5.41, 5.74) is 1.96. The lowest BCUT2D eigenvalue weighted by atomic mass is 10.1. The van der Waals surface area contributed by atoms with E-state index in [0.29, 0.717) is 12.6 Å². The molecule has 0 aliphatic carbocycles. The molecule has 0 saturated carbocycles. The fourth-order valence-corrected chi connectivity index (χ4v) is 3.81. The number of aryl methyl sites for hydroxylation is 2. The Bertz CT molecular complexity index is 638. The standard InChI is InChI=1S/C14H21N5O2S/c1-9-12-13(18(2)17-9)16-14(22-12)15-10-4-6-19(7-5-10)8-11(20)21-3/h10H,4-8H2,1-3H3,(H,15,16). The van der Waals surface area contributed by atoms with Crippen molar-refractivity contribution >= 4 is 32.8 Å². The first kappa shape index (κ1) is 15.2. The number of ether oxygens (including phenoxy) is 1. The van der Waals surface area contributed by atoms with Crippen molar-refractivity contribution in [3.63, 3.8) is 0 Å². The normalized spacial score (nSPS) is 17.0. The Hall–Kier alpha value is -1.67. The summed E-state index contributed by atoms with van der Waals surface area (Å²) in [4.78, 5) is 18.1. The Morgan fingerprint density at radius 3 is 2.82 bits per heavy atom. The molecule has 1 aliphatic heterocycles. The topological polar surface area (TPSA) is 72.3 Å². The molecule has 120 valence electrons. The second-order valence-corrected chi connectivity index (χ2v) is 6.65. The maximum Gasteiger partial charge on any atom is 0.319 e. The van der Waals surface area contributed by atoms with Crippen LogP contribution in [0.3, 0.4) is 0 Å². The van der Waals surface area contributed by atoms with E-state index in [0.717, 1.165) is 47.1 Å². The van der Waals surface area contributed by atoms with Crippen LogP contribution < -0.4 is 5.32 Å². The molecule has 0 spiro atoms. The molecule has 1 fully saturated rings. The van der Waals surface area contributed by atoms with Crippen molar-refractivity contribution in [2.24, 2.45) is 7.05 Å². The van der Waals surface area contributed by atoms with Gasteiger partial charge in [-0.1, -0.05) is 11.3 Å². The molecule has 0 bridgehead atoms. The minimum atomic E-state index is -0.166. The molecule has 8 heteroatoms. The van der Waals surface area contributed by atoms with Crippen LogP contribution in [-0.2, 0) is 16.6 Å². The number of fused-ring (bicyclic) bond motifs is 1. The Balaban J connectivity index is 1.57. The van der Waals surface area contributed by atoms with Gasteiger partial charge in [-0.2, -0.15) is 5.10 Å². The predicted octanol–water partition coefficient (Wildman–Crippen LogP) is 1.39. The van der Waals surface area contributed by atoms with Crippen LogP contribution in [0.5, 0.6) is 0 Å². The second-order valence-electron chi connectivity index (χ2n) is 5.65. The van der Waals surface area contributed by atoms with Crippen LogP contribution >= 0.6 is 11.3 Å². The van der Waals surface area contributed by atoms with Crippen LogP contribution in [0.4, 0.5) is 5.13 Å². The number of likely N-dealkylation sites (tertiary alicyclic amines) is 1. The van der Waals surface area contributed by atoms with E-state index >= 15 is 0 Å². The average molecular weight is 323 g/mol. The number of methoxy groups -OCH3 is 1. The number of piperidine rings is 1. The second kappa shape index (κ2) is 6.21. The molecule has 0 aromatic carbocycles. The molecule has 1 aliphatic rings. The molecule has 0 radical (unpaired) electrons. The molecule has 0 atom stereocenters. The molecule has 1 N–H and O–H groups in total. The van der Waals surface area contributed by atoms with Crippen molar-refractivity contribution in [3.8, 4) is 0 Å². The molecule has 22 heavy (non-hydrogen) atoms. The molecular formula is C14H21N5O2S. The van der Waals surface area contributed by atoms with Gasteiger partial charge in [0, 0.05) is 26.2 Å². The molecular weight excluding hydrogens is 302 g/mol. The van der Waals surface area contributed by atoms with Gasteiger partial charge in [0.25, 0.3) is 0 Å². The van der Waals surface area contributed by atoms with E-state index in [-0.39, 0.29) is 5.97 Å². The highest BCUT2D eigenvalue weighted by Crippen LogP contribution is 2.29. The van der Waals surface area contributed by atoms with Gasteiger partial charge in [0.15, 0.2) is 10.8 Å². The third-order valence-electron chi connectivity index (χ3n) is 4.04. The van der Waals surface area contributed by atoms with E-state index in [4.69, 9.17) is 4.74 Å². The quantitative estimate of drug-likeness (QED) is 0.857. The number of rotatable bonds is 4. The highest BCUT2D eigenvalue weighted by Gasteiger charge is 2.22. The van der Waals surface area contributed by atoms with Crippen LogP contribution in [0.15, 0.2) is 0 Å². The lowest BCUT2D eigenvalue weighted by Crippen LogP contribution is -2.41. The summed E-state index contributed by atoms with van der Waals surface area (Å²) in [6.07, 6.45) is 2.01. The first-order valence-corrected chi connectivity index (χ1v) is 8.24. The van der Waals surface area contributed by atoms with Crippen LogP contribution in [0.1, 0.15) is 18.5 Å². The first-order chi connectivity index (χ1) is 10.6. The highest BCUT2D eigenvalue weighted by atomic mass is 32.1. The van der Waals surface area contributed by atoms with Crippen molar-refractivity contribution in [3.05, 3.63) is 5.69 Å². The Morgan fingerprint density at radius 1 is 1.45 bits per heavy atom. The number of anilines is 1. The van der Waals surface area contributed by atoms with Gasteiger partial charge in [-0.15, -0.1) is 0 Å². The third kappa shape index (κ3) is 3.07. The first-order valence-electron chi connectivity index (χ1n) is 7.42. The minimum absolute atomic E-state index is 0.166. The molecule has 0 unspecified atom stereocenters. The van der Waals surface area contributed by atoms with Gasteiger partial charge in [0.1, 0.15) is 0 Å². The van der Waals surface area contributed by atoms with Crippen LogP contribution in [-0.4, -0.2) is 58.4 Å². The van der Waals surface area contributed by atoms with Crippen molar-refractivity contribution in [2.75, 3.05) is 32.1 Å². The Labute approximate surface area is 133 Å². The Morgan fingerprint density at radius 2 is 2.18 bits per heavy atom. The lowest BCUT2D eigenvalue weighted by Gasteiger charge is -2.31. The number of nitrogens with one attached hydrogen (secondary N) is 1. The van der Waals surface area contributed by atoms with Gasteiger partial charge in [0.2, 0.25) is 0 Å². The van der Waals surface area contributed by atoms with Gasteiger partial charge < -0.3 is 10.1 Å². The third-order valence-corrected chi connectivity index (χ3v) is 5.12. The number of aromatic nitrogens is 3. The SMILES string of the molecule is COC(=O)CN1CCC(Nc2nc3c(s2)c(C)nn3C)CC1. The summed E-state index contributed by atoms with van der Waals surface area (Å²) in [5, 5.41) is 8.85. The molecule has 2 aromatic heterocycles. The number of carbonyl (C=O) groups excluding carboxylic acids is 1. The van der Waals surface area contributed by atoms with Gasteiger partial charge in [-0.05, 0) is 19.8 Å². The van der Waals surface area contributed by atoms with Gasteiger partial charge >= 0.3 is 5.97 Å². The van der Waals surface area contributed by atoms with Crippen LogP contribution in [0.2, 0.25) is 0 Å². The molecule has 3 rings (SSSR count). The minimum Gasteiger partial charge on any atom is -0.468 e. The van der Waals surface area contributed by atoms with Crippen molar-refractivity contribution in [1.29, 1.82) is 0 Å². The summed E-state index contributed by atoms with van der Waals surface area (Å²) in [6.45, 7) is 4.20. The number of hydrogen-bond donors (Lipinski definition) is 1. The van der Waals surface area contributed by atoms with Gasteiger partial charge in [0.05, 0.1) is 24.0 Å². The maximum absolute atomic E-state index is 11.3. The highest BCUT2D eigenvalue weighted by molar-refractivity contribution is 7.22. The van der Waals surface area contributed by atoms with E-state index in [1.165, 1.54) is 7.11 Å². The summed E-state index contributed by atoms with van der Waals surface area (Å²) >= 11 is 1.66. The van der Waals surface area contributed by atoms with E-state index in [1.807, 2.05) is 18.7 Å². The van der Waals surface area contributed by atoms with Gasteiger partial charge in [-0.3, -0.25) is 9.69 Å². The monoisotopic (exact) mass is 323 g/mol. The zero-order valence-electron chi connectivity index (χ0n) is 13.1. The van der Waals surface area contributed by atoms with Crippen LogP contribution in [0, 0.1) is 6.92 Å². The van der Waals surface area contributed by atoms with E-state index in [2.05, 4.69) is 20.3 Å². The fourth-order valence-electron chi connectivity index (χ4n) is 2.80. The van der Waals surface area contributed by atoms with Crippen molar-refractivity contribution in [2.45, 2.75) is 25.8 Å². The maximum atomic E-state index is 11.3. The predicted molar refractivity (Wildman–Crippen MR) is 86.2 cm³/mol. The van der Waals surface area contributed by atoms with E-state index < -0.39 is 0 Å². The number of esters is 1. The summed E-state index contributed by atoms with van der Waals surface area (Å²) in [5.74, 6) is -0.166. The van der Waals surface area contributed by atoms with E-state index in [1.54, 1.807) is 11.3 Å². The molecule has 2 aromatic rings. The van der Waals surface area contributed by atoms with Crippen LogP contribution in [0.25, 0.3) is 10.3 Å². The van der Waals surface area contributed by atoms with Crippen molar-refractivity contribution in [1.82, 2.24) is 19.7 Å². The lowest BCUT2D eigenvalue weighted by molar-refractivity contribution is -0.142.